The largest absolute Gasteiger partial charge is 0.388 e. The van der Waals surface area contributed by atoms with Gasteiger partial charge >= 0.3 is 0 Å². The van der Waals surface area contributed by atoms with Crippen LogP contribution < -0.4 is 0 Å². The lowest BCUT2D eigenvalue weighted by Gasteiger charge is -2.43. The summed E-state index contributed by atoms with van der Waals surface area (Å²) in [6.07, 6.45) is 7.15. The molecule has 2 aliphatic carbocycles. The molecule has 1 unspecified atom stereocenters. The zero-order valence-electron chi connectivity index (χ0n) is 13.5. The van der Waals surface area contributed by atoms with Crippen LogP contribution >= 0.6 is 0 Å². The number of aliphatic hydroxyl groups excluding tert-OH is 1. The second-order valence-electron chi connectivity index (χ2n) is 8.04. The summed E-state index contributed by atoms with van der Waals surface area (Å²) in [6.45, 7) is 10.3. The van der Waals surface area contributed by atoms with Crippen molar-refractivity contribution in [2.45, 2.75) is 78.9 Å². The summed E-state index contributed by atoms with van der Waals surface area (Å²) >= 11 is 0. The van der Waals surface area contributed by atoms with E-state index in [1.54, 1.807) is 0 Å². The van der Waals surface area contributed by atoms with E-state index in [1.165, 1.54) is 42.6 Å². The predicted molar refractivity (Wildman–Crippen MR) is 82.8 cm³/mol. The van der Waals surface area contributed by atoms with Crippen molar-refractivity contribution in [1.29, 1.82) is 0 Å². The molecule has 20 heavy (non-hydrogen) atoms. The number of rotatable bonds is 3. The minimum Gasteiger partial charge on any atom is -0.388 e. The smallest absolute Gasteiger partial charge is 0.0812 e. The molecular formula is C18H29NO. The van der Waals surface area contributed by atoms with Gasteiger partial charge in [0, 0.05) is 23.5 Å². The lowest BCUT2D eigenvalue weighted by molar-refractivity contribution is 0.0847. The Hall–Kier alpha value is -0.760. The fourth-order valence-corrected chi connectivity index (χ4v) is 4.26. The van der Waals surface area contributed by atoms with Gasteiger partial charge in [0.05, 0.1) is 6.10 Å². The zero-order valence-corrected chi connectivity index (χ0v) is 13.5. The maximum absolute atomic E-state index is 10.4. The van der Waals surface area contributed by atoms with Gasteiger partial charge in [-0.25, -0.2) is 0 Å². The first-order valence-corrected chi connectivity index (χ1v) is 8.23. The number of fused-ring (bicyclic) bond motifs is 1. The van der Waals surface area contributed by atoms with Crippen LogP contribution in [-0.4, -0.2) is 9.67 Å². The van der Waals surface area contributed by atoms with Crippen LogP contribution in [0.2, 0.25) is 0 Å². The average molecular weight is 275 g/mol. The highest BCUT2D eigenvalue weighted by Gasteiger charge is 2.39. The quantitative estimate of drug-likeness (QED) is 0.870. The molecule has 1 saturated carbocycles. The molecule has 0 spiro atoms. The van der Waals surface area contributed by atoms with Gasteiger partial charge in [-0.3, -0.25) is 0 Å². The Kier molecular flexibility index (Phi) is 3.28. The van der Waals surface area contributed by atoms with Gasteiger partial charge < -0.3 is 9.67 Å². The van der Waals surface area contributed by atoms with Crippen molar-refractivity contribution in [1.82, 2.24) is 4.57 Å². The molecule has 1 atom stereocenters. The second-order valence-corrected chi connectivity index (χ2v) is 8.04. The Morgan fingerprint density at radius 2 is 2.05 bits per heavy atom. The molecule has 1 aromatic heterocycles. The Morgan fingerprint density at radius 3 is 2.60 bits per heavy atom. The minimum atomic E-state index is -0.271. The molecule has 2 heteroatoms. The van der Waals surface area contributed by atoms with Crippen LogP contribution in [0, 0.1) is 17.8 Å². The van der Waals surface area contributed by atoms with Crippen molar-refractivity contribution >= 4 is 0 Å². The number of hydrogen-bond acceptors (Lipinski definition) is 1. The number of hydrogen-bond donors (Lipinski definition) is 1. The maximum atomic E-state index is 10.4. The van der Waals surface area contributed by atoms with Gasteiger partial charge in [-0.05, 0) is 55.9 Å². The molecule has 1 aromatic rings. The maximum Gasteiger partial charge on any atom is 0.0812 e. The summed E-state index contributed by atoms with van der Waals surface area (Å²) in [5.41, 5.74) is 4.70. The summed E-state index contributed by atoms with van der Waals surface area (Å²) in [6, 6.07) is 2.23. The first-order valence-electron chi connectivity index (χ1n) is 8.23. The molecular weight excluding hydrogens is 246 g/mol. The third kappa shape index (κ3) is 2.22. The summed E-state index contributed by atoms with van der Waals surface area (Å²) in [5, 5.41) is 10.4. The molecule has 1 fully saturated rings. The number of aromatic nitrogens is 1. The van der Waals surface area contributed by atoms with Crippen molar-refractivity contribution in [3.8, 4) is 0 Å². The minimum absolute atomic E-state index is 0.216. The third-order valence-corrected chi connectivity index (χ3v) is 5.86. The van der Waals surface area contributed by atoms with Gasteiger partial charge in [0.25, 0.3) is 0 Å². The van der Waals surface area contributed by atoms with Crippen LogP contribution in [0.3, 0.4) is 0 Å². The van der Waals surface area contributed by atoms with Crippen molar-refractivity contribution in [2.75, 3.05) is 0 Å². The SMILES string of the molecule is CCC1(Cn2c(C)cc3c2CC(C)(C)CC3O)CCC1. The molecule has 1 N–H and O–H groups in total. The van der Waals surface area contributed by atoms with E-state index in [-0.39, 0.29) is 11.5 Å². The van der Waals surface area contributed by atoms with Crippen LogP contribution in [0.15, 0.2) is 6.07 Å². The van der Waals surface area contributed by atoms with E-state index in [0.717, 1.165) is 19.4 Å². The molecule has 0 aliphatic heterocycles. The molecule has 2 nitrogen and oxygen atoms in total. The predicted octanol–water partition coefficient (Wildman–Crippen LogP) is 4.38. The molecule has 0 radical (unpaired) electrons. The molecule has 0 amide bonds. The highest BCUT2D eigenvalue weighted by atomic mass is 16.3. The van der Waals surface area contributed by atoms with Gasteiger partial charge in [0.15, 0.2) is 0 Å². The van der Waals surface area contributed by atoms with Crippen LogP contribution in [0.5, 0.6) is 0 Å². The summed E-state index contributed by atoms with van der Waals surface area (Å²) < 4.78 is 2.53. The average Bonchev–Trinajstić information content (AvgIpc) is 2.60. The van der Waals surface area contributed by atoms with Gasteiger partial charge in [-0.1, -0.05) is 27.2 Å². The van der Waals surface area contributed by atoms with Crippen molar-refractivity contribution in [3.05, 3.63) is 23.0 Å². The number of nitrogens with zero attached hydrogens (tertiary/aromatic N) is 1. The van der Waals surface area contributed by atoms with E-state index in [4.69, 9.17) is 0 Å². The van der Waals surface area contributed by atoms with Gasteiger partial charge in [0.2, 0.25) is 0 Å². The van der Waals surface area contributed by atoms with Crippen LogP contribution in [0.1, 0.15) is 75.9 Å². The van der Waals surface area contributed by atoms with E-state index in [0.29, 0.717) is 5.41 Å². The van der Waals surface area contributed by atoms with E-state index < -0.39 is 0 Å². The van der Waals surface area contributed by atoms with E-state index in [2.05, 4.69) is 38.3 Å². The van der Waals surface area contributed by atoms with Gasteiger partial charge in [0.1, 0.15) is 0 Å². The zero-order chi connectivity index (χ0) is 14.5. The fraction of sp³-hybridized carbons (Fsp3) is 0.778. The third-order valence-electron chi connectivity index (χ3n) is 5.86. The Bertz CT molecular complexity index is 502. The van der Waals surface area contributed by atoms with Crippen LogP contribution in [0.4, 0.5) is 0 Å². The Balaban J connectivity index is 1.96. The second kappa shape index (κ2) is 4.62. The number of aryl methyl sites for hydroxylation is 1. The Labute approximate surface area is 123 Å². The monoisotopic (exact) mass is 275 g/mol. The molecule has 2 aliphatic rings. The van der Waals surface area contributed by atoms with Gasteiger partial charge in [-0.15, -0.1) is 0 Å². The topological polar surface area (TPSA) is 25.2 Å². The molecule has 0 bridgehead atoms. The lowest BCUT2D eigenvalue weighted by Crippen LogP contribution is -2.35. The summed E-state index contributed by atoms with van der Waals surface area (Å²) in [4.78, 5) is 0. The standard InChI is InChI=1S/C18H29NO/c1-5-18(7-6-8-18)12-19-13(2)9-14-15(19)10-17(3,4)11-16(14)20/h9,16,20H,5-8,10-12H2,1-4H3. The highest BCUT2D eigenvalue weighted by Crippen LogP contribution is 2.48. The van der Waals surface area contributed by atoms with Crippen LogP contribution in [-0.2, 0) is 13.0 Å². The Morgan fingerprint density at radius 1 is 1.35 bits per heavy atom. The molecule has 0 aromatic carbocycles. The molecule has 112 valence electrons. The first-order chi connectivity index (χ1) is 9.36. The molecule has 0 saturated heterocycles. The van der Waals surface area contributed by atoms with E-state index in [1.807, 2.05) is 0 Å². The van der Waals surface area contributed by atoms with Gasteiger partial charge in [-0.2, -0.15) is 0 Å². The first kappa shape index (κ1) is 14.2. The number of aliphatic hydroxyl groups is 1. The summed E-state index contributed by atoms with van der Waals surface area (Å²) in [7, 11) is 0. The molecule has 3 rings (SSSR count). The molecule has 1 heterocycles. The van der Waals surface area contributed by atoms with E-state index in [9.17, 15) is 5.11 Å². The van der Waals surface area contributed by atoms with Crippen molar-refractivity contribution in [3.63, 3.8) is 0 Å². The summed E-state index contributed by atoms with van der Waals surface area (Å²) in [5.74, 6) is 0. The van der Waals surface area contributed by atoms with Crippen LogP contribution in [0.25, 0.3) is 0 Å². The van der Waals surface area contributed by atoms with Crippen molar-refractivity contribution < 1.29 is 5.11 Å². The normalized spacial score (nSPS) is 26.9. The fourth-order valence-electron chi connectivity index (χ4n) is 4.26. The van der Waals surface area contributed by atoms with Crippen molar-refractivity contribution in [2.24, 2.45) is 10.8 Å². The highest BCUT2D eigenvalue weighted by molar-refractivity contribution is 5.33. The lowest BCUT2D eigenvalue weighted by atomic mass is 9.67. The van der Waals surface area contributed by atoms with E-state index >= 15 is 0 Å².